The molecule has 0 aromatic heterocycles. The van der Waals surface area contributed by atoms with Gasteiger partial charge in [-0.25, -0.2) is 0 Å². The fraction of sp³-hybridized carbons (Fsp3) is 0.889. The summed E-state index contributed by atoms with van der Waals surface area (Å²) in [4.78, 5) is 13.0. The van der Waals surface area contributed by atoms with Gasteiger partial charge in [0.15, 0.2) is 0 Å². The monoisotopic (exact) mass is 189 g/mol. The molecule has 0 aromatic carbocycles. The quantitative estimate of drug-likeness (QED) is 0.630. The SMILES string of the molecule is CCOC(=O)C(C)N(C)C(C)CO. The highest BCUT2D eigenvalue weighted by atomic mass is 16.5. The van der Waals surface area contributed by atoms with Crippen LogP contribution in [-0.2, 0) is 9.53 Å². The molecule has 2 unspecified atom stereocenters. The minimum Gasteiger partial charge on any atom is -0.465 e. The van der Waals surface area contributed by atoms with Gasteiger partial charge >= 0.3 is 5.97 Å². The lowest BCUT2D eigenvalue weighted by Crippen LogP contribution is -2.44. The molecule has 0 saturated heterocycles. The first-order valence-corrected chi connectivity index (χ1v) is 4.54. The standard InChI is InChI=1S/C9H19NO3/c1-5-13-9(12)8(3)10(4)7(2)6-11/h7-8,11H,5-6H2,1-4H3. The number of carbonyl (C=O) groups excluding carboxylic acids is 1. The molecule has 4 heteroatoms. The predicted octanol–water partition coefficient (Wildman–Crippen LogP) is 0.251. The fourth-order valence-electron chi connectivity index (χ4n) is 0.940. The van der Waals surface area contributed by atoms with Crippen LogP contribution in [0.15, 0.2) is 0 Å². The fourth-order valence-corrected chi connectivity index (χ4v) is 0.940. The van der Waals surface area contributed by atoms with Gasteiger partial charge in [-0.1, -0.05) is 0 Å². The Morgan fingerprint density at radius 1 is 1.54 bits per heavy atom. The number of carbonyl (C=O) groups is 1. The molecule has 1 N–H and O–H groups in total. The number of ether oxygens (including phenoxy) is 1. The summed E-state index contributed by atoms with van der Waals surface area (Å²) in [6.07, 6.45) is 0. The largest absolute Gasteiger partial charge is 0.465 e. The number of aliphatic hydroxyl groups is 1. The number of hydrogen-bond donors (Lipinski definition) is 1. The van der Waals surface area contributed by atoms with E-state index in [0.29, 0.717) is 6.61 Å². The summed E-state index contributed by atoms with van der Waals surface area (Å²) in [6, 6.07) is -0.332. The summed E-state index contributed by atoms with van der Waals surface area (Å²) in [5, 5.41) is 8.87. The maximum absolute atomic E-state index is 11.3. The molecule has 0 fully saturated rings. The molecule has 0 saturated carbocycles. The van der Waals surface area contributed by atoms with Crippen molar-refractivity contribution in [2.45, 2.75) is 32.9 Å². The molecule has 0 aromatic rings. The van der Waals surface area contributed by atoms with Crippen molar-refractivity contribution in [3.05, 3.63) is 0 Å². The van der Waals surface area contributed by atoms with Crippen molar-refractivity contribution in [2.75, 3.05) is 20.3 Å². The normalized spacial score (nSPS) is 15.5. The van der Waals surface area contributed by atoms with E-state index in [1.54, 1.807) is 25.8 Å². The van der Waals surface area contributed by atoms with Gasteiger partial charge in [0.25, 0.3) is 0 Å². The third-order valence-electron chi connectivity index (χ3n) is 2.20. The Morgan fingerprint density at radius 3 is 2.46 bits per heavy atom. The molecule has 0 aliphatic carbocycles. The second-order valence-corrected chi connectivity index (χ2v) is 3.13. The zero-order valence-electron chi connectivity index (χ0n) is 8.78. The number of likely N-dealkylation sites (N-methyl/N-ethyl adjacent to an activating group) is 1. The molecular weight excluding hydrogens is 170 g/mol. The number of rotatable bonds is 5. The van der Waals surface area contributed by atoms with Crippen LogP contribution in [0.1, 0.15) is 20.8 Å². The molecule has 0 rings (SSSR count). The molecule has 0 spiro atoms. The zero-order valence-corrected chi connectivity index (χ0v) is 8.78. The molecule has 0 aliphatic heterocycles. The molecule has 0 bridgehead atoms. The van der Waals surface area contributed by atoms with Crippen LogP contribution in [0.5, 0.6) is 0 Å². The number of nitrogens with zero attached hydrogens (tertiary/aromatic N) is 1. The Labute approximate surface area is 79.5 Å². The van der Waals surface area contributed by atoms with Gasteiger partial charge < -0.3 is 9.84 Å². The Morgan fingerprint density at radius 2 is 2.08 bits per heavy atom. The average Bonchev–Trinajstić information content (AvgIpc) is 2.14. The maximum atomic E-state index is 11.3. The predicted molar refractivity (Wildman–Crippen MR) is 50.4 cm³/mol. The van der Waals surface area contributed by atoms with E-state index in [4.69, 9.17) is 9.84 Å². The molecule has 0 amide bonds. The number of hydrogen-bond acceptors (Lipinski definition) is 4. The van der Waals surface area contributed by atoms with Crippen LogP contribution in [0.3, 0.4) is 0 Å². The summed E-state index contributed by atoms with van der Waals surface area (Å²) < 4.78 is 4.86. The molecule has 78 valence electrons. The Kier molecular flexibility index (Phi) is 5.66. The Hall–Kier alpha value is -0.610. The lowest BCUT2D eigenvalue weighted by molar-refractivity contribution is -0.149. The zero-order chi connectivity index (χ0) is 10.4. The highest BCUT2D eigenvalue weighted by Gasteiger charge is 2.22. The maximum Gasteiger partial charge on any atom is 0.323 e. The van der Waals surface area contributed by atoms with Crippen LogP contribution in [0, 0.1) is 0 Å². The van der Waals surface area contributed by atoms with Gasteiger partial charge in [-0.2, -0.15) is 0 Å². The minimum atomic E-state index is -0.304. The first kappa shape index (κ1) is 12.4. The van der Waals surface area contributed by atoms with Crippen molar-refractivity contribution < 1.29 is 14.6 Å². The average molecular weight is 189 g/mol. The van der Waals surface area contributed by atoms with Gasteiger partial charge in [-0.3, -0.25) is 9.69 Å². The van der Waals surface area contributed by atoms with Crippen molar-refractivity contribution in [2.24, 2.45) is 0 Å². The van der Waals surface area contributed by atoms with Crippen molar-refractivity contribution in [3.63, 3.8) is 0 Å². The van der Waals surface area contributed by atoms with Crippen LogP contribution in [0.4, 0.5) is 0 Å². The topological polar surface area (TPSA) is 49.8 Å². The molecule has 4 nitrogen and oxygen atoms in total. The molecule has 13 heavy (non-hydrogen) atoms. The lowest BCUT2D eigenvalue weighted by atomic mass is 10.2. The first-order chi connectivity index (χ1) is 6.04. The van der Waals surface area contributed by atoms with Gasteiger partial charge in [-0.15, -0.1) is 0 Å². The Bertz CT molecular complexity index is 161. The van der Waals surface area contributed by atoms with Gasteiger partial charge in [0, 0.05) is 6.04 Å². The van der Waals surface area contributed by atoms with E-state index in [9.17, 15) is 4.79 Å². The van der Waals surface area contributed by atoms with Crippen molar-refractivity contribution in [1.82, 2.24) is 4.90 Å². The van der Waals surface area contributed by atoms with Gasteiger partial charge in [0.1, 0.15) is 6.04 Å². The second-order valence-electron chi connectivity index (χ2n) is 3.13. The summed E-state index contributed by atoms with van der Waals surface area (Å²) in [5.74, 6) is -0.245. The van der Waals surface area contributed by atoms with Gasteiger partial charge in [0.2, 0.25) is 0 Å². The molecule has 0 aliphatic rings. The van der Waals surface area contributed by atoms with Crippen LogP contribution < -0.4 is 0 Å². The summed E-state index contributed by atoms with van der Waals surface area (Å²) in [7, 11) is 1.79. The van der Waals surface area contributed by atoms with Crippen molar-refractivity contribution >= 4 is 5.97 Å². The second kappa shape index (κ2) is 5.94. The molecule has 0 heterocycles. The third-order valence-corrected chi connectivity index (χ3v) is 2.20. The summed E-state index contributed by atoms with van der Waals surface area (Å²) in [6.45, 7) is 5.84. The summed E-state index contributed by atoms with van der Waals surface area (Å²) in [5.41, 5.74) is 0. The van der Waals surface area contributed by atoms with E-state index in [-0.39, 0.29) is 24.7 Å². The molecular formula is C9H19NO3. The smallest absolute Gasteiger partial charge is 0.323 e. The minimum absolute atomic E-state index is 0.0283. The van der Waals surface area contributed by atoms with E-state index < -0.39 is 0 Å². The van der Waals surface area contributed by atoms with Crippen LogP contribution in [0.2, 0.25) is 0 Å². The van der Waals surface area contributed by atoms with Crippen molar-refractivity contribution in [3.8, 4) is 0 Å². The Balaban J connectivity index is 4.07. The van der Waals surface area contributed by atoms with E-state index in [1.165, 1.54) is 0 Å². The van der Waals surface area contributed by atoms with E-state index in [0.717, 1.165) is 0 Å². The first-order valence-electron chi connectivity index (χ1n) is 4.54. The van der Waals surface area contributed by atoms with Gasteiger partial charge in [-0.05, 0) is 27.8 Å². The third kappa shape index (κ3) is 3.74. The van der Waals surface area contributed by atoms with E-state index >= 15 is 0 Å². The van der Waals surface area contributed by atoms with Gasteiger partial charge in [0.05, 0.1) is 13.2 Å². The molecule has 0 radical (unpaired) electrons. The van der Waals surface area contributed by atoms with Crippen molar-refractivity contribution in [1.29, 1.82) is 0 Å². The van der Waals surface area contributed by atoms with E-state index in [2.05, 4.69) is 0 Å². The highest BCUT2D eigenvalue weighted by Crippen LogP contribution is 2.03. The van der Waals surface area contributed by atoms with Crippen LogP contribution in [-0.4, -0.2) is 48.3 Å². The van der Waals surface area contributed by atoms with Crippen LogP contribution in [0.25, 0.3) is 0 Å². The van der Waals surface area contributed by atoms with Crippen LogP contribution >= 0.6 is 0 Å². The number of esters is 1. The highest BCUT2D eigenvalue weighted by molar-refractivity contribution is 5.75. The molecule has 2 atom stereocenters. The number of aliphatic hydroxyl groups excluding tert-OH is 1. The summed E-state index contributed by atoms with van der Waals surface area (Å²) >= 11 is 0. The van der Waals surface area contributed by atoms with E-state index in [1.807, 2.05) is 6.92 Å². The lowest BCUT2D eigenvalue weighted by Gasteiger charge is -2.27.